The summed E-state index contributed by atoms with van der Waals surface area (Å²) in [6, 6.07) is 5.53. The van der Waals surface area contributed by atoms with Crippen molar-refractivity contribution < 1.29 is 23.7 Å². The van der Waals surface area contributed by atoms with E-state index < -0.39 is 0 Å². The molecule has 0 radical (unpaired) electrons. The first-order chi connectivity index (χ1) is 14.1. The van der Waals surface area contributed by atoms with E-state index in [2.05, 4.69) is 4.98 Å². The number of benzene rings is 1. The Hall–Kier alpha value is -2.51. The van der Waals surface area contributed by atoms with Crippen molar-refractivity contribution in [1.29, 1.82) is 0 Å². The summed E-state index contributed by atoms with van der Waals surface area (Å²) in [6.45, 7) is 2.30. The Kier molecular flexibility index (Phi) is 5.78. The van der Waals surface area contributed by atoms with E-state index in [4.69, 9.17) is 30.5 Å². The van der Waals surface area contributed by atoms with E-state index in [0.29, 0.717) is 54.3 Å². The number of fused-ring (bicyclic) bond motifs is 1. The lowest BCUT2D eigenvalue weighted by atomic mass is 9.98. The molecule has 1 atom stereocenters. The first-order valence-corrected chi connectivity index (χ1v) is 9.90. The average molecular weight is 419 g/mol. The number of pyridine rings is 1. The molecule has 2 aliphatic rings. The van der Waals surface area contributed by atoms with Gasteiger partial charge in [0.25, 0.3) is 5.91 Å². The molecular weight excluding hydrogens is 396 g/mol. The summed E-state index contributed by atoms with van der Waals surface area (Å²) in [4.78, 5) is 19.0. The molecule has 1 amide bonds. The van der Waals surface area contributed by atoms with Gasteiger partial charge in [-0.3, -0.25) is 4.79 Å². The van der Waals surface area contributed by atoms with Crippen LogP contribution in [0.4, 0.5) is 0 Å². The van der Waals surface area contributed by atoms with Crippen LogP contribution in [0.3, 0.4) is 0 Å². The van der Waals surface area contributed by atoms with E-state index in [1.807, 2.05) is 12.1 Å². The highest BCUT2D eigenvalue weighted by Crippen LogP contribution is 2.34. The van der Waals surface area contributed by atoms with Crippen LogP contribution in [0.5, 0.6) is 17.4 Å². The SMILES string of the molecule is COc1cc2c(cc1OC)CN(C(=O)c1cnc(OC3CCOC3)c(Cl)c1)CC2. The van der Waals surface area contributed by atoms with Crippen molar-refractivity contribution in [2.24, 2.45) is 0 Å². The van der Waals surface area contributed by atoms with Crippen molar-refractivity contribution in [2.75, 3.05) is 34.0 Å². The molecule has 1 fully saturated rings. The lowest BCUT2D eigenvalue weighted by Gasteiger charge is -2.29. The molecule has 0 saturated carbocycles. The number of carbonyl (C=O) groups is 1. The first kappa shape index (κ1) is 19.8. The number of halogens is 1. The summed E-state index contributed by atoms with van der Waals surface area (Å²) >= 11 is 6.32. The molecule has 29 heavy (non-hydrogen) atoms. The van der Waals surface area contributed by atoms with Crippen LogP contribution in [0.1, 0.15) is 27.9 Å². The maximum Gasteiger partial charge on any atom is 0.255 e. The summed E-state index contributed by atoms with van der Waals surface area (Å²) in [5, 5.41) is 0.326. The lowest BCUT2D eigenvalue weighted by Crippen LogP contribution is -2.36. The number of rotatable bonds is 5. The quantitative estimate of drug-likeness (QED) is 0.743. The van der Waals surface area contributed by atoms with Gasteiger partial charge in [0.1, 0.15) is 11.1 Å². The van der Waals surface area contributed by atoms with Crippen LogP contribution in [0.2, 0.25) is 5.02 Å². The Balaban J connectivity index is 1.49. The van der Waals surface area contributed by atoms with Gasteiger partial charge in [-0.15, -0.1) is 0 Å². The van der Waals surface area contributed by atoms with Crippen LogP contribution < -0.4 is 14.2 Å². The third-order valence-electron chi connectivity index (χ3n) is 5.23. The number of ether oxygens (including phenoxy) is 4. The molecule has 7 nitrogen and oxygen atoms in total. The Bertz CT molecular complexity index is 914. The predicted molar refractivity (Wildman–Crippen MR) is 107 cm³/mol. The zero-order chi connectivity index (χ0) is 20.4. The predicted octanol–water partition coefficient (Wildman–Crippen LogP) is 3.12. The average Bonchev–Trinajstić information content (AvgIpc) is 3.26. The molecule has 4 rings (SSSR count). The Morgan fingerprint density at radius 3 is 2.62 bits per heavy atom. The van der Waals surface area contributed by atoms with Crippen LogP contribution in [0.15, 0.2) is 24.4 Å². The molecule has 0 bridgehead atoms. The molecule has 154 valence electrons. The number of aromatic nitrogens is 1. The Morgan fingerprint density at radius 1 is 1.21 bits per heavy atom. The van der Waals surface area contributed by atoms with E-state index in [1.165, 1.54) is 6.20 Å². The maximum absolute atomic E-state index is 13.0. The van der Waals surface area contributed by atoms with E-state index in [-0.39, 0.29) is 12.0 Å². The molecular formula is C21H23ClN2O5. The maximum atomic E-state index is 13.0. The summed E-state index contributed by atoms with van der Waals surface area (Å²) in [7, 11) is 3.22. The first-order valence-electron chi connectivity index (χ1n) is 9.52. The number of hydrogen-bond acceptors (Lipinski definition) is 6. The van der Waals surface area contributed by atoms with Crippen LogP contribution in [-0.2, 0) is 17.7 Å². The molecule has 0 aliphatic carbocycles. The summed E-state index contributed by atoms with van der Waals surface area (Å²) in [5.74, 6) is 1.57. The van der Waals surface area contributed by atoms with E-state index >= 15 is 0 Å². The molecule has 8 heteroatoms. The van der Waals surface area contributed by atoms with Gasteiger partial charge in [-0.25, -0.2) is 4.98 Å². The second kappa shape index (κ2) is 8.47. The summed E-state index contributed by atoms with van der Waals surface area (Å²) < 4.78 is 21.8. The highest BCUT2D eigenvalue weighted by Gasteiger charge is 2.25. The molecule has 2 aliphatic heterocycles. The fourth-order valence-electron chi connectivity index (χ4n) is 3.63. The topological polar surface area (TPSA) is 70.1 Å². The van der Waals surface area contributed by atoms with Gasteiger partial charge in [-0.1, -0.05) is 11.6 Å². The fourth-order valence-corrected chi connectivity index (χ4v) is 3.84. The lowest BCUT2D eigenvalue weighted by molar-refractivity contribution is 0.0733. The second-order valence-corrected chi connectivity index (χ2v) is 7.47. The number of hydrogen-bond donors (Lipinski definition) is 0. The van der Waals surface area contributed by atoms with Gasteiger partial charge in [0.2, 0.25) is 5.88 Å². The van der Waals surface area contributed by atoms with Crippen molar-refractivity contribution in [2.45, 2.75) is 25.5 Å². The minimum atomic E-state index is -0.115. The highest BCUT2D eigenvalue weighted by atomic mass is 35.5. The molecule has 2 aromatic rings. The van der Waals surface area contributed by atoms with E-state index in [1.54, 1.807) is 25.2 Å². The molecule has 1 saturated heterocycles. The van der Waals surface area contributed by atoms with Gasteiger partial charge in [0, 0.05) is 25.7 Å². The summed E-state index contributed by atoms with van der Waals surface area (Å²) in [6.07, 6.45) is 3.02. The molecule has 3 heterocycles. The molecule has 0 N–H and O–H groups in total. The number of methoxy groups -OCH3 is 2. The highest BCUT2D eigenvalue weighted by molar-refractivity contribution is 6.32. The zero-order valence-corrected chi connectivity index (χ0v) is 17.2. The third kappa shape index (κ3) is 4.11. The smallest absolute Gasteiger partial charge is 0.255 e. The van der Waals surface area contributed by atoms with Crippen molar-refractivity contribution in [3.05, 3.63) is 46.1 Å². The van der Waals surface area contributed by atoms with Gasteiger partial charge in [0.05, 0.1) is 33.0 Å². The second-order valence-electron chi connectivity index (χ2n) is 7.07. The van der Waals surface area contributed by atoms with Crippen molar-refractivity contribution >= 4 is 17.5 Å². The van der Waals surface area contributed by atoms with Crippen LogP contribution in [0.25, 0.3) is 0 Å². The number of nitrogens with zero attached hydrogens (tertiary/aromatic N) is 2. The number of carbonyl (C=O) groups excluding carboxylic acids is 1. The van der Waals surface area contributed by atoms with E-state index in [9.17, 15) is 4.79 Å². The minimum Gasteiger partial charge on any atom is -0.493 e. The largest absolute Gasteiger partial charge is 0.493 e. The van der Waals surface area contributed by atoms with Crippen molar-refractivity contribution in [3.8, 4) is 17.4 Å². The molecule has 1 aromatic carbocycles. The fraction of sp³-hybridized carbons (Fsp3) is 0.429. The van der Waals surface area contributed by atoms with Gasteiger partial charge in [-0.05, 0) is 35.7 Å². The third-order valence-corrected chi connectivity index (χ3v) is 5.50. The van der Waals surface area contributed by atoms with Crippen LogP contribution in [-0.4, -0.2) is 55.9 Å². The molecule has 0 spiro atoms. The van der Waals surface area contributed by atoms with Gasteiger partial charge in [0.15, 0.2) is 11.5 Å². The number of amides is 1. The zero-order valence-electron chi connectivity index (χ0n) is 16.4. The normalized spacial score (nSPS) is 18.3. The monoisotopic (exact) mass is 418 g/mol. The molecule has 1 unspecified atom stereocenters. The standard InChI is InChI=1S/C21H23ClN2O5/c1-26-18-8-13-3-5-24(11-15(13)9-19(18)27-2)21(25)14-7-17(22)20(23-10-14)29-16-4-6-28-12-16/h7-10,16H,3-6,11-12H2,1-2H3. The van der Waals surface area contributed by atoms with Gasteiger partial charge < -0.3 is 23.8 Å². The van der Waals surface area contributed by atoms with Crippen molar-refractivity contribution in [1.82, 2.24) is 9.88 Å². The van der Waals surface area contributed by atoms with Gasteiger partial charge in [-0.2, -0.15) is 0 Å². The van der Waals surface area contributed by atoms with Crippen LogP contribution in [0, 0.1) is 0 Å². The molecule has 1 aromatic heterocycles. The van der Waals surface area contributed by atoms with Crippen molar-refractivity contribution in [3.63, 3.8) is 0 Å². The van der Waals surface area contributed by atoms with Crippen LogP contribution >= 0.6 is 11.6 Å². The van der Waals surface area contributed by atoms with Gasteiger partial charge >= 0.3 is 0 Å². The van der Waals surface area contributed by atoms with E-state index in [0.717, 1.165) is 24.0 Å². The summed E-state index contributed by atoms with van der Waals surface area (Å²) in [5.41, 5.74) is 2.64. The minimum absolute atomic E-state index is 0.0490. The Labute approximate surface area is 174 Å². The Morgan fingerprint density at radius 2 is 1.97 bits per heavy atom.